The van der Waals surface area contributed by atoms with Crippen LogP contribution in [0.15, 0.2) is 0 Å². The van der Waals surface area contributed by atoms with Crippen LogP contribution in [-0.2, 0) is 4.79 Å². The molecule has 17 heavy (non-hydrogen) atoms. The van der Waals surface area contributed by atoms with Gasteiger partial charge in [0.1, 0.15) is 6.04 Å². The first-order valence-electron chi connectivity index (χ1n) is 6.55. The first kappa shape index (κ1) is 12.8. The normalized spacial score (nSPS) is 24.8. The van der Waals surface area contributed by atoms with E-state index in [1.165, 1.54) is 0 Å². The molecule has 1 aliphatic heterocycles. The first-order valence-corrected chi connectivity index (χ1v) is 6.55. The minimum Gasteiger partial charge on any atom is -0.480 e. The second-order valence-electron chi connectivity index (χ2n) is 5.27. The van der Waals surface area contributed by atoms with Crippen LogP contribution in [0, 0.1) is 0 Å². The standard InChI is InChI=1S/C12H23N3O2/c1-14-6-8-15(9-7-14)5-4-11(12(16)17)13-10-2-3-10/h10-11,13H,2-9H2,1H3,(H,16,17). The highest BCUT2D eigenvalue weighted by Crippen LogP contribution is 2.20. The number of rotatable bonds is 6. The number of likely N-dealkylation sites (N-methyl/N-ethyl adjacent to an activating group) is 1. The summed E-state index contributed by atoms with van der Waals surface area (Å²) in [6.45, 7) is 5.20. The Hall–Kier alpha value is -0.650. The molecule has 0 spiro atoms. The van der Waals surface area contributed by atoms with E-state index in [0.29, 0.717) is 6.04 Å². The Morgan fingerprint density at radius 1 is 1.35 bits per heavy atom. The molecule has 1 saturated carbocycles. The average Bonchev–Trinajstić information content (AvgIpc) is 3.10. The molecule has 1 aliphatic carbocycles. The van der Waals surface area contributed by atoms with Gasteiger partial charge in [0.05, 0.1) is 0 Å². The molecule has 2 N–H and O–H groups in total. The molecule has 98 valence electrons. The number of aliphatic carboxylic acids is 1. The Bertz CT molecular complexity index is 260. The zero-order chi connectivity index (χ0) is 12.3. The molecule has 1 saturated heterocycles. The second-order valence-corrected chi connectivity index (χ2v) is 5.27. The SMILES string of the molecule is CN1CCN(CCC(NC2CC2)C(=O)O)CC1. The van der Waals surface area contributed by atoms with Gasteiger partial charge in [-0.3, -0.25) is 4.79 Å². The molecule has 0 aromatic rings. The van der Waals surface area contributed by atoms with Crippen LogP contribution in [0.4, 0.5) is 0 Å². The fourth-order valence-electron chi connectivity index (χ4n) is 2.20. The molecule has 1 atom stereocenters. The molecule has 5 heteroatoms. The van der Waals surface area contributed by atoms with Crippen LogP contribution >= 0.6 is 0 Å². The number of nitrogens with zero attached hydrogens (tertiary/aromatic N) is 2. The maximum atomic E-state index is 11.1. The minimum absolute atomic E-state index is 0.359. The van der Waals surface area contributed by atoms with E-state index in [-0.39, 0.29) is 6.04 Å². The Kier molecular flexibility index (Phi) is 4.36. The van der Waals surface area contributed by atoms with E-state index in [0.717, 1.165) is 52.0 Å². The molecule has 1 heterocycles. The zero-order valence-electron chi connectivity index (χ0n) is 10.6. The van der Waals surface area contributed by atoms with E-state index in [4.69, 9.17) is 5.11 Å². The number of piperazine rings is 1. The van der Waals surface area contributed by atoms with Crippen LogP contribution in [0.25, 0.3) is 0 Å². The van der Waals surface area contributed by atoms with Gasteiger partial charge in [-0.05, 0) is 26.3 Å². The van der Waals surface area contributed by atoms with Crippen molar-refractivity contribution >= 4 is 5.97 Å². The van der Waals surface area contributed by atoms with Crippen molar-refractivity contribution in [3.05, 3.63) is 0 Å². The quantitative estimate of drug-likeness (QED) is 0.676. The van der Waals surface area contributed by atoms with Crippen LogP contribution < -0.4 is 5.32 Å². The van der Waals surface area contributed by atoms with E-state index in [9.17, 15) is 4.79 Å². The highest BCUT2D eigenvalue weighted by atomic mass is 16.4. The molecule has 0 aromatic heterocycles. The van der Waals surface area contributed by atoms with Crippen molar-refractivity contribution in [2.45, 2.75) is 31.3 Å². The molecule has 0 radical (unpaired) electrons. The fourth-order valence-corrected chi connectivity index (χ4v) is 2.20. The lowest BCUT2D eigenvalue weighted by atomic mass is 10.2. The van der Waals surface area contributed by atoms with E-state index in [1.807, 2.05) is 0 Å². The van der Waals surface area contributed by atoms with Crippen LogP contribution in [0.3, 0.4) is 0 Å². The Morgan fingerprint density at radius 3 is 2.53 bits per heavy atom. The number of nitrogens with one attached hydrogen (secondary N) is 1. The molecule has 0 bridgehead atoms. The molecule has 0 aromatic carbocycles. The highest BCUT2D eigenvalue weighted by Gasteiger charge is 2.28. The summed E-state index contributed by atoms with van der Waals surface area (Å²) in [6.07, 6.45) is 2.99. The van der Waals surface area contributed by atoms with Crippen LogP contribution in [-0.4, -0.2) is 72.7 Å². The van der Waals surface area contributed by atoms with Gasteiger partial charge in [0.2, 0.25) is 0 Å². The largest absolute Gasteiger partial charge is 0.480 e. The van der Waals surface area contributed by atoms with E-state index < -0.39 is 5.97 Å². The Balaban J connectivity index is 1.68. The van der Waals surface area contributed by atoms with Crippen LogP contribution in [0.5, 0.6) is 0 Å². The number of hydrogen-bond donors (Lipinski definition) is 2. The predicted octanol–water partition coefficient (Wildman–Crippen LogP) is -0.171. The second kappa shape index (κ2) is 5.80. The smallest absolute Gasteiger partial charge is 0.320 e. The maximum Gasteiger partial charge on any atom is 0.320 e. The lowest BCUT2D eigenvalue weighted by Crippen LogP contribution is -2.47. The van der Waals surface area contributed by atoms with Gasteiger partial charge in [0.15, 0.2) is 0 Å². The highest BCUT2D eigenvalue weighted by molar-refractivity contribution is 5.73. The summed E-state index contributed by atoms with van der Waals surface area (Å²) in [5, 5.41) is 12.3. The van der Waals surface area contributed by atoms with Gasteiger partial charge < -0.3 is 20.2 Å². The van der Waals surface area contributed by atoms with Gasteiger partial charge in [0, 0.05) is 38.8 Å². The average molecular weight is 241 g/mol. The minimum atomic E-state index is -0.703. The summed E-state index contributed by atoms with van der Waals surface area (Å²) in [5.74, 6) is -0.703. The van der Waals surface area contributed by atoms with Crippen molar-refractivity contribution in [1.82, 2.24) is 15.1 Å². The maximum absolute atomic E-state index is 11.1. The van der Waals surface area contributed by atoms with Gasteiger partial charge in [-0.15, -0.1) is 0 Å². The number of carboxylic acids is 1. The summed E-state index contributed by atoms with van der Waals surface area (Å²) in [6, 6.07) is 0.103. The van der Waals surface area contributed by atoms with Crippen molar-refractivity contribution in [3.8, 4) is 0 Å². The number of carboxylic acid groups (broad SMARTS) is 1. The van der Waals surface area contributed by atoms with E-state index >= 15 is 0 Å². The van der Waals surface area contributed by atoms with Crippen molar-refractivity contribution < 1.29 is 9.90 Å². The third-order valence-corrected chi connectivity index (χ3v) is 3.64. The molecule has 2 aliphatic rings. The molecule has 0 amide bonds. The topological polar surface area (TPSA) is 55.8 Å². The molecule has 2 fully saturated rings. The third kappa shape index (κ3) is 4.26. The monoisotopic (exact) mass is 241 g/mol. The summed E-state index contributed by atoms with van der Waals surface area (Å²) in [4.78, 5) is 15.8. The molecule has 5 nitrogen and oxygen atoms in total. The summed E-state index contributed by atoms with van der Waals surface area (Å²) in [5.41, 5.74) is 0. The molecule has 2 rings (SSSR count). The lowest BCUT2D eigenvalue weighted by molar-refractivity contribution is -0.139. The lowest BCUT2D eigenvalue weighted by Gasteiger charge is -2.32. The van der Waals surface area contributed by atoms with E-state index in [1.54, 1.807) is 0 Å². The van der Waals surface area contributed by atoms with Crippen LogP contribution in [0.2, 0.25) is 0 Å². The zero-order valence-corrected chi connectivity index (χ0v) is 10.6. The Labute approximate surface area is 103 Å². The molecule has 1 unspecified atom stereocenters. The summed E-state index contributed by atoms with van der Waals surface area (Å²) in [7, 11) is 2.13. The summed E-state index contributed by atoms with van der Waals surface area (Å²) >= 11 is 0. The van der Waals surface area contributed by atoms with Gasteiger partial charge in [0.25, 0.3) is 0 Å². The van der Waals surface area contributed by atoms with Crippen molar-refractivity contribution in [2.75, 3.05) is 39.8 Å². The van der Waals surface area contributed by atoms with Gasteiger partial charge >= 0.3 is 5.97 Å². The Morgan fingerprint density at radius 2 is 2.00 bits per heavy atom. The predicted molar refractivity (Wildman–Crippen MR) is 66.1 cm³/mol. The third-order valence-electron chi connectivity index (χ3n) is 3.64. The van der Waals surface area contributed by atoms with Crippen molar-refractivity contribution in [1.29, 1.82) is 0 Å². The molecular formula is C12H23N3O2. The fraction of sp³-hybridized carbons (Fsp3) is 0.917. The van der Waals surface area contributed by atoms with Gasteiger partial charge in [-0.25, -0.2) is 0 Å². The first-order chi connectivity index (χ1) is 8.15. The van der Waals surface area contributed by atoms with Crippen molar-refractivity contribution in [3.63, 3.8) is 0 Å². The molecular weight excluding hydrogens is 218 g/mol. The van der Waals surface area contributed by atoms with Gasteiger partial charge in [-0.2, -0.15) is 0 Å². The van der Waals surface area contributed by atoms with Gasteiger partial charge in [-0.1, -0.05) is 0 Å². The van der Waals surface area contributed by atoms with Crippen molar-refractivity contribution in [2.24, 2.45) is 0 Å². The number of hydrogen-bond acceptors (Lipinski definition) is 4. The number of carbonyl (C=O) groups is 1. The van der Waals surface area contributed by atoms with Crippen LogP contribution in [0.1, 0.15) is 19.3 Å². The van der Waals surface area contributed by atoms with E-state index in [2.05, 4.69) is 22.2 Å². The summed E-state index contributed by atoms with van der Waals surface area (Å²) < 4.78 is 0.